The lowest BCUT2D eigenvalue weighted by molar-refractivity contribution is -0.118. The molecular weight excluding hydrogens is 412 g/mol. The van der Waals surface area contributed by atoms with Gasteiger partial charge in [0.25, 0.3) is 0 Å². The van der Waals surface area contributed by atoms with Crippen molar-refractivity contribution >= 4 is 34.7 Å². The van der Waals surface area contributed by atoms with Crippen LogP contribution >= 0.6 is 11.6 Å². The maximum absolute atomic E-state index is 13.8. The van der Waals surface area contributed by atoms with Crippen LogP contribution in [0.1, 0.15) is 18.1 Å². The molecule has 1 amide bonds. The number of Topliss-reactive ketones (excluding diaryl/α,β-unsaturated/α-hetero) is 1. The van der Waals surface area contributed by atoms with Crippen LogP contribution in [0.25, 0.3) is 0 Å². The Hall–Kier alpha value is -2.51. The molecule has 0 saturated carbocycles. The molecule has 1 fully saturated rings. The van der Waals surface area contributed by atoms with Crippen molar-refractivity contribution in [2.45, 2.75) is 25.8 Å². The average molecular weight is 434 g/mol. The number of amides is 1. The van der Waals surface area contributed by atoms with Gasteiger partial charge in [0.05, 0.1) is 6.54 Å². The molecule has 1 atom stereocenters. The van der Waals surface area contributed by atoms with E-state index in [2.05, 4.69) is 5.32 Å². The number of nitrogens with zero attached hydrogens (tertiary/aromatic N) is 2. The molecule has 2 aromatic carbocycles. The van der Waals surface area contributed by atoms with Gasteiger partial charge in [0, 0.05) is 49.9 Å². The number of halogens is 3. The molecule has 2 aliphatic rings. The lowest BCUT2D eigenvalue weighted by Gasteiger charge is -2.40. The fourth-order valence-corrected chi connectivity index (χ4v) is 4.21. The number of anilines is 2. The van der Waals surface area contributed by atoms with E-state index in [0.717, 1.165) is 11.1 Å². The lowest BCUT2D eigenvalue weighted by atomic mass is 10.1. The molecule has 0 bridgehead atoms. The van der Waals surface area contributed by atoms with Crippen molar-refractivity contribution in [3.8, 4) is 0 Å². The Bertz CT molecular complexity index is 991. The van der Waals surface area contributed by atoms with Crippen LogP contribution in [0.5, 0.6) is 0 Å². The first-order chi connectivity index (χ1) is 14.3. The van der Waals surface area contributed by atoms with Crippen molar-refractivity contribution in [3.05, 3.63) is 58.1 Å². The zero-order valence-electron chi connectivity index (χ0n) is 16.6. The second-order valence-corrected chi connectivity index (χ2v) is 8.29. The Morgan fingerprint density at radius 2 is 1.83 bits per heavy atom. The number of carbonyl (C=O) groups excluding carboxylic acids is 2. The Morgan fingerprint density at radius 3 is 2.53 bits per heavy atom. The number of hydrogen-bond acceptors (Lipinski definition) is 4. The van der Waals surface area contributed by atoms with Gasteiger partial charge in [-0.1, -0.05) is 17.7 Å². The Kier molecular flexibility index (Phi) is 5.75. The fraction of sp³-hybridized carbons (Fsp3) is 0.364. The molecule has 0 aromatic heterocycles. The summed E-state index contributed by atoms with van der Waals surface area (Å²) in [6.07, 6.45) is 0.886. The van der Waals surface area contributed by atoms with Crippen LogP contribution in [-0.4, -0.2) is 48.8 Å². The quantitative estimate of drug-likeness (QED) is 0.750. The highest BCUT2D eigenvalue weighted by Gasteiger charge is 2.27. The van der Waals surface area contributed by atoms with Gasteiger partial charge in [-0.25, -0.2) is 8.78 Å². The van der Waals surface area contributed by atoms with Gasteiger partial charge < -0.3 is 10.2 Å². The van der Waals surface area contributed by atoms with Gasteiger partial charge in [0.15, 0.2) is 0 Å². The molecule has 0 spiro atoms. The number of ketones is 1. The molecule has 5 nitrogen and oxygen atoms in total. The largest absolute Gasteiger partial charge is 0.369 e. The molecule has 1 saturated heterocycles. The third-order valence-corrected chi connectivity index (χ3v) is 6.07. The summed E-state index contributed by atoms with van der Waals surface area (Å²) < 4.78 is 27.5. The summed E-state index contributed by atoms with van der Waals surface area (Å²) in [5.74, 6) is -1.50. The van der Waals surface area contributed by atoms with Crippen LogP contribution in [0.15, 0.2) is 30.3 Å². The monoisotopic (exact) mass is 433 g/mol. The van der Waals surface area contributed by atoms with Crippen LogP contribution in [0.3, 0.4) is 0 Å². The predicted molar refractivity (Wildman–Crippen MR) is 112 cm³/mol. The van der Waals surface area contributed by atoms with Gasteiger partial charge >= 0.3 is 0 Å². The third-order valence-electron chi connectivity index (χ3n) is 5.71. The molecule has 1 heterocycles. The van der Waals surface area contributed by atoms with E-state index in [1.165, 1.54) is 12.1 Å². The Labute approximate surface area is 178 Å². The Balaban J connectivity index is 1.35. The number of carbonyl (C=O) groups is 2. The summed E-state index contributed by atoms with van der Waals surface area (Å²) in [4.78, 5) is 28.0. The van der Waals surface area contributed by atoms with E-state index < -0.39 is 16.7 Å². The van der Waals surface area contributed by atoms with E-state index in [1.54, 1.807) is 0 Å². The summed E-state index contributed by atoms with van der Waals surface area (Å²) in [5.41, 5.74) is 3.13. The molecule has 4 rings (SSSR count). The first-order valence-corrected chi connectivity index (χ1v) is 10.2. The molecule has 0 unspecified atom stereocenters. The molecule has 1 N–H and O–H groups in total. The lowest BCUT2D eigenvalue weighted by Crippen LogP contribution is -2.53. The van der Waals surface area contributed by atoms with E-state index in [9.17, 15) is 18.4 Å². The molecular formula is C22H22ClF2N3O2. The number of rotatable bonds is 4. The average Bonchev–Trinajstić information content (AvgIpc) is 3.06. The number of benzene rings is 2. The van der Waals surface area contributed by atoms with Crippen molar-refractivity contribution < 1.29 is 18.4 Å². The normalized spacial score (nSPS) is 19.1. The highest BCUT2D eigenvalue weighted by atomic mass is 35.5. The van der Waals surface area contributed by atoms with E-state index in [0.29, 0.717) is 43.9 Å². The van der Waals surface area contributed by atoms with Gasteiger partial charge in [0.1, 0.15) is 22.4 Å². The first kappa shape index (κ1) is 20.8. The smallest absolute Gasteiger partial charge is 0.238 e. The summed E-state index contributed by atoms with van der Waals surface area (Å²) in [6, 6.07) is 8.06. The van der Waals surface area contributed by atoms with Crippen LogP contribution in [-0.2, 0) is 22.4 Å². The molecule has 158 valence electrons. The number of piperazine rings is 1. The molecule has 2 aromatic rings. The van der Waals surface area contributed by atoms with E-state index in [-0.39, 0.29) is 24.3 Å². The maximum Gasteiger partial charge on any atom is 0.238 e. The summed E-state index contributed by atoms with van der Waals surface area (Å²) in [7, 11) is 0. The molecule has 8 heteroatoms. The second-order valence-electron chi connectivity index (χ2n) is 7.91. The van der Waals surface area contributed by atoms with Crippen molar-refractivity contribution in [2.24, 2.45) is 0 Å². The standard InChI is InChI=1S/C22H22ClF2N3O2/c1-13-11-28(17-9-19(24)22(23)20(25)10-17)5-4-27(13)12-21(30)26-16-3-2-14-7-18(29)8-15(14)6-16/h2-3,6,9-10,13H,4-5,7-8,11-12H2,1H3,(H,26,30)/t13-/m1/s1. The minimum atomic E-state index is -0.780. The highest BCUT2D eigenvalue weighted by molar-refractivity contribution is 6.31. The Morgan fingerprint density at radius 1 is 1.13 bits per heavy atom. The number of fused-ring (bicyclic) bond motifs is 1. The van der Waals surface area contributed by atoms with Gasteiger partial charge in [-0.05, 0) is 42.3 Å². The summed E-state index contributed by atoms with van der Waals surface area (Å²) >= 11 is 5.56. The van der Waals surface area contributed by atoms with E-state index in [1.807, 2.05) is 34.9 Å². The zero-order valence-corrected chi connectivity index (χ0v) is 17.3. The summed E-state index contributed by atoms with van der Waals surface area (Å²) in [6.45, 7) is 3.85. The van der Waals surface area contributed by atoms with E-state index in [4.69, 9.17) is 11.6 Å². The molecule has 1 aliphatic heterocycles. The molecule has 1 aliphatic carbocycles. The van der Waals surface area contributed by atoms with Crippen LogP contribution in [0, 0.1) is 11.6 Å². The van der Waals surface area contributed by atoms with Crippen molar-refractivity contribution in [1.82, 2.24) is 4.90 Å². The summed E-state index contributed by atoms with van der Waals surface area (Å²) in [5, 5.41) is 2.40. The van der Waals surface area contributed by atoms with Crippen molar-refractivity contribution in [1.29, 1.82) is 0 Å². The van der Waals surface area contributed by atoms with Crippen LogP contribution in [0.4, 0.5) is 20.2 Å². The minimum absolute atomic E-state index is 0.0175. The molecule has 0 radical (unpaired) electrons. The van der Waals surface area contributed by atoms with Gasteiger partial charge in [-0.2, -0.15) is 0 Å². The van der Waals surface area contributed by atoms with Crippen molar-refractivity contribution in [2.75, 3.05) is 36.4 Å². The van der Waals surface area contributed by atoms with E-state index >= 15 is 0 Å². The number of hydrogen-bond donors (Lipinski definition) is 1. The highest BCUT2D eigenvalue weighted by Crippen LogP contribution is 2.27. The SMILES string of the molecule is C[C@@H]1CN(c2cc(F)c(Cl)c(F)c2)CCN1CC(=O)Nc1ccc2c(c1)CC(=O)C2. The van der Waals surface area contributed by atoms with Crippen molar-refractivity contribution in [3.63, 3.8) is 0 Å². The van der Waals surface area contributed by atoms with Gasteiger partial charge in [-0.15, -0.1) is 0 Å². The topological polar surface area (TPSA) is 52.6 Å². The minimum Gasteiger partial charge on any atom is -0.369 e. The van der Waals surface area contributed by atoms with Crippen LogP contribution < -0.4 is 10.2 Å². The predicted octanol–water partition coefficient (Wildman–Crippen LogP) is 3.44. The van der Waals surface area contributed by atoms with Gasteiger partial charge in [0.2, 0.25) is 5.91 Å². The second kappa shape index (κ2) is 8.32. The molecule has 30 heavy (non-hydrogen) atoms. The van der Waals surface area contributed by atoms with Crippen LogP contribution in [0.2, 0.25) is 5.02 Å². The third kappa shape index (κ3) is 4.32. The van der Waals surface area contributed by atoms with Gasteiger partial charge in [-0.3, -0.25) is 14.5 Å². The zero-order chi connectivity index (χ0) is 21.4. The fourth-order valence-electron chi connectivity index (χ4n) is 4.10. The maximum atomic E-state index is 13.8. The number of nitrogens with one attached hydrogen (secondary N) is 1. The first-order valence-electron chi connectivity index (χ1n) is 9.87.